The van der Waals surface area contributed by atoms with E-state index in [9.17, 15) is 4.79 Å². The average Bonchev–Trinajstić information content (AvgIpc) is 3.25. The van der Waals surface area contributed by atoms with Gasteiger partial charge in [-0.15, -0.1) is 11.3 Å². The molecule has 30 heavy (non-hydrogen) atoms. The van der Waals surface area contributed by atoms with Crippen molar-refractivity contribution in [3.63, 3.8) is 0 Å². The van der Waals surface area contributed by atoms with Gasteiger partial charge in [0.2, 0.25) is 5.91 Å². The van der Waals surface area contributed by atoms with E-state index < -0.39 is 0 Å². The first-order chi connectivity index (χ1) is 14.3. The van der Waals surface area contributed by atoms with Crippen LogP contribution in [0.5, 0.6) is 0 Å². The number of thioether (sulfide) groups is 1. The summed E-state index contributed by atoms with van der Waals surface area (Å²) in [6, 6.07) is 6.12. The monoisotopic (exact) mass is 442 g/mol. The number of imidazole rings is 1. The van der Waals surface area contributed by atoms with Crippen LogP contribution in [0, 0.1) is 27.7 Å². The highest BCUT2D eigenvalue weighted by molar-refractivity contribution is 7.98. The molecule has 0 saturated heterocycles. The summed E-state index contributed by atoms with van der Waals surface area (Å²) in [5.74, 6) is 0.703. The molecule has 160 valence electrons. The summed E-state index contributed by atoms with van der Waals surface area (Å²) >= 11 is 3.22. The number of anilines is 2. The van der Waals surface area contributed by atoms with Crippen LogP contribution in [0.3, 0.4) is 0 Å². The van der Waals surface area contributed by atoms with Crippen molar-refractivity contribution in [3.8, 4) is 0 Å². The average molecular weight is 443 g/mol. The van der Waals surface area contributed by atoms with Gasteiger partial charge in [0.15, 0.2) is 10.3 Å². The number of carbonyl (C=O) groups is 1. The zero-order valence-electron chi connectivity index (χ0n) is 18.7. The smallest absolute Gasteiger partial charge is 0.230 e. The van der Waals surface area contributed by atoms with Crippen LogP contribution in [-0.2, 0) is 17.1 Å². The number of thiazole rings is 1. The lowest BCUT2D eigenvalue weighted by molar-refractivity contribution is -0.115. The van der Waals surface area contributed by atoms with Crippen molar-refractivity contribution in [1.29, 1.82) is 0 Å². The Morgan fingerprint density at radius 2 is 1.97 bits per heavy atom. The number of hydrogen-bond acceptors (Lipinski definition) is 5. The molecule has 1 aromatic carbocycles. The molecule has 0 aliphatic rings. The van der Waals surface area contributed by atoms with Crippen LogP contribution in [0.1, 0.15) is 54.9 Å². The molecule has 0 atom stereocenters. The molecule has 2 heterocycles. The van der Waals surface area contributed by atoms with Crippen molar-refractivity contribution in [2.45, 2.75) is 71.8 Å². The lowest BCUT2D eigenvalue weighted by atomic mass is 10.1. The van der Waals surface area contributed by atoms with Crippen molar-refractivity contribution in [1.82, 2.24) is 14.5 Å². The minimum atomic E-state index is -0.0307. The third kappa shape index (κ3) is 4.95. The van der Waals surface area contributed by atoms with Gasteiger partial charge < -0.3 is 4.57 Å². The molecule has 3 aromatic rings. The molecule has 5 nitrogen and oxygen atoms in total. The number of hydrogen-bond donors (Lipinski definition) is 0. The molecule has 0 N–H and O–H groups in total. The molecule has 1 amide bonds. The highest BCUT2D eigenvalue weighted by atomic mass is 32.2. The summed E-state index contributed by atoms with van der Waals surface area (Å²) in [6.45, 7) is 13.1. The molecule has 0 saturated carbocycles. The van der Waals surface area contributed by atoms with Crippen molar-refractivity contribution >= 4 is 39.8 Å². The van der Waals surface area contributed by atoms with E-state index in [-0.39, 0.29) is 5.91 Å². The van der Waals surface area contributed by atoms with Gasteiger partial charge in [0.05, 0.1) is 17.1 Å². The Labute approximate surface area is 187 Å². The van der Waals surface area contributed by atoms with Gasteiger partial charge in [0.1, 0.15) is 0 Å². The summed E-state index contributed by atoms with van der Waals surface area (Å²) < 4.78 is 2.31. The van der Waals surface area contributed by atoms with Gasteiger partial charge in [-0.2, -0.15) is 0 Å². The third-order valence-corrected chi connectivity index (χ3v) is 7.03. The Morgan fingerprint density at radius 3 is 2.63 bits per heavy atom. The van der Waals surface area contributed by atoms with E-state index in [4.69, 9.17) is 9.97 Å². The van der Waals surface area contributed by atoms with Gasteiger partial charge in [-0.1, -0.05) is 42.8 Å². The summed E-state index contributed by atoms with van der Waals surface area (Å²) in [7, 11) is 0. The highest BCUT2D eigenvalue weighted by Gasteiger charge is 2.20. The van der Waals surface area contributed by atoms with Gasteiger partial charge in [0.25, 0.3) is 0 Å². The fourth-order valence-electron chi connectivity index (χ4n) is 3.38. The maximum absolute atomic E-state index is 12.4. The molecule has 0 aliphatic carbocycles. The van der Waals surface area contributed by atoms with Gasteiger partial charge >= 0.3 is 0 Å². The number of unbranched alkanes of at least 4 members (excludes halogenated alkanes) is 1. The summed E-state index contributed by atoms with van der Waals surface area (Å²) in [4.78, 5) is 23.7. The first-order valence-corrected chi connectivity index (χ1v) is 12.2. The number of benzene rings is 1. The fraction of sp³-hybridized carbons (Fsp3) is 0.435. The van der Waals surface area contributed by atoms with E-state index in [1.807, 2.05) is 24.4 Å². The predicted molar refractivity (Wildman–Crippen MR) is 127 cm³/mol. The molecule has 0 spiro atoms. The van der Waals surface area contributed by atoms with E-state index >= 15 is 0 Å². The lowest BCUT2D eigenvalue weighted by Gasteiger charge is -2.20. The molecular weight excluding hydrogens is 412 g/mol. The van der Waals surface area contributed by atoms with Crippen LogP contribution >= 0.6 is 23.1 Å². The standard InChI is InChI=1S/C23H30N4OS2/c1-7-8-11-26-18(5)17(4)24-22(26)29-13-20-14-30-23(25-20)27(19(6)28)21-10-9-15(2)12-16(21)3/h9-10,12,14H,7-8,11,13H2,1-6H3. The van der Waals surface area contributed by atoms with Crippen molar-refractivity contribution in [2.75, 3.05) is 4.90 Å². The Hall–Kier alpha value is -2.12. The maximum Gasteiger partial charge on any atom is 0.230 e. The van der Waals surface area contributed by atoms with Gasteiger partial charge in [-0.05, 0) is 45.7 Å². The molecule has 2 aromatic heterocycles. The van der Waals surface area contributed by atoms with E-state index in [1.54, 1.807) is 23.6 Å². The van der Waals surface area contributed by atoms with Gasteiger partial charge in [-0.3, -0.25) is 9.69 Å². The number of aromatic nitrogens is 3. The van der Waals surface area contributed by atoms with Crippen LogP contribution in [0.25, 0.3) is 0 Å². The first kappa shape index (κ1) is 22.6. The fourth-order valence-corrected chi connectivity index (χ4v) is 5.38. The normalized spacial score (nSPS) is 11.1. The zero-order chi connectivity index (χ0) is 21.8. The van der Waals surface area contributed by atoms with Crippen LogP contribution in [0.4, 0.5) is 10.8 Å². The molecular formula is C23H30N4OS2. The van der Waals surface area contributed by atoms with Crippen LogP contribution in [0.15, 0.2) is 28.7 Å². The Bertz CT molecular complexity index is 1040. The Morgan fingerprint density at radius 1 is 1.20 bits per heavy atom. The lowest BCUT2D eigenvalue weighted by Crippen LogP contribution is -2.23. The van der Waals surface area contributed by atoms with Crippen molar-refractivity contribution < 1.29 is 4.79 Å². The number of nitrogens with zero attached hydrogens (tertiary/aromatic N) is 4. The highest BCUT2D eigenvalue weighted by Crippen LogP contribution is 2.33. The maximum atomic E-state index is 12.4. The van der Waals surface area contributed by atoms with Gasteiger partial charge in [-0.25, -0.2) is 9.97 Å². The second-order valence-electron chi connectivity index (χ2n) is 7.62. The SMILES string of the molecule is CCCCn1c(SCc2csc(N(C(C)=O)c3ccc(C)cc3C)n2)nc(C)c1C. The Balaban J connectivity index is 1.79. The van der Waals surface area contributed by atoms with E-state index in [0.29, 0.717) is 5.13 Å². The summed E-state index contributed by atoms with van der Waals surface area (Å²) in [5, 5.41) is 3.80. The number of carbonyl (C=O) groups excluding carboxylic acids is 1. The van der Waals surface area contributed by atoms with Crippen molar-refractivity contribution in [2.24, 2.45) is 0 Å². The molecule has 0 fully saturated rings. The summed E-state index contributed by atoms with van der Waals surface area (Å²) in [6.07, 6.45) is 2.31. The van der Waals surface area contributed by atoms with Crippen LogP contribution in [0.2, 0.25) is 0 Å². The minimum Gasteiger partial charge on any atom is -0.323 e. The second kappa shape index (κ2) is 9.79. The van der Waals surface area contributed by atoms with Gasteiger partial charge in [0, 0.05) is 30.3 Å². The summed E-state index contributed by atoms with van der Waals surface area (Å²) in [5.41, 5.74) is 6.44. The zero-order valence-corrected chi connectivity index (χ0v) is 20.3. The second-order valence-corrected chi connectivity index (χ2v) is 9.40. The molecule has 0 aliphatic heterocycles. The van der Waals surface area contributed by atoms with E-state index in [0.717, 1.165) is 52.9 Å². The number of rotatable bonds is 8. The third-order valence-electron chi connectivity index (χ3n) is 5.15. The van der Waals surface area contributed by atoms with Crippen molar-refractivity contribution in [3.05, 3.63) is 51.8 Å². The number of aryl methyl sites for hydroxylation is 3. The first-order valence-electron chi connectivity index (χ1n) is 10.3. The Kier molecular flexibility index (Phi) is 7.36. The molecule has 3 rings (SSSR count). The topological polar surface area (TPSA) is 51.0 Å². The number of amides is 1. The molecule has 0 radical (unpaired) electrons. The van der Waals surface area contributed by atoms with E-state index in [2.05, 4.69) is 38.3 Å². The molecule has 0 unspecified atom stereocenters. The predicted octanol–water partition coefficient (Wildman–Crippen LogP) is 6.35. The minimum absolute atomic E-state index is 0.0307. The molecule has 7 heteroatoms. The van der Waals surface area contributed by atoms with Crippen LogP contribution in [-0.4, -0.2) is 20.4 Å². The van der Waals surface area contributed by atoms with Crippen LogP contribution < -0.4 is 4.90 Å². The molecule has 0 bridgehead atoms. The quantitative estimate of drug-likeness (QED) is 0.381. The largest absolute Gasteiger partial charge is 0.323 e. The van der Waals surface area contributed by atoms with E-state index in [1.165, 1.54) is 22.6 Å².